The molecule has 0 aliphatic carbocycles. The zero-order valence-corrected chi connectivity index (χ0v) is 29.0. The van der Waals surface area contributed by atoms with Gasteiger partial charge in [-0.05, 0) is 57.2 Å². The highest BCUT2D eigenvalue weighted by molar-refractivity contribution is 7.89. The number of amides is 1. The van der Waals surface area contributed by atoms with E-state index in [2.05, 4.69) is 5.32 Å². The van der Waals surface area contributed by atoms with Crippen molar-refractivity contribution in [1.82, 2.24) is 4.90 Å². The highest BCUT2D eigenvalue weighted by atomic mass is 35.5. The quantitative estimate of drug-likeness (QED) is 0.129. The molecule has 4 rings (SSSR count). The van der Waals surface area contributed by atoms with E-state index in [1.807, 2.05) is 0 Å². The number of hydrogen-bond donors (Lipinski definition) is 3. The molecule has 0 bridgehead atoms. The summed E-state index contributed by atoms with van der Waals surface area (Å²) in [4.78, 5) is 38.9. The van der Waals surface area contributed by atoms with Gasteiger partial charge in [-0.2, -0.15) is 0 Å². The Kier molecular flexibility index (Phi) is 12.2. The maximum atomic E-state index is 13.1. The van der Waals surface area contributed by atoms with Crippen LogP contribution in [0.3, 0.4) is 0 Å². The van der Waals surface area contributed by atoms with Crippen molar-refractivity contribution in [2.45, 2.75) is 49.6 Å². The summed E-state index contributed by atoms with van der Waals surface area (Å²) in [5, 5.41) is 19.7. The molecule has 1 saturated heterocycles. The van der Waals surface area contributed by atoms with Gasteiger partial charge in [0.2, 0.25) is 22.6 Å². The molecule has 2 atom stereocenters. The second-order valence-corrected chi connectivity index (χ2v) is 13.8. The molecule has 2 heterocycles. The summed E-state index contributed by atoms with van der Waals surface area (Å²) >= 11 is 12.2. The average Bonchev–Trinajstić information content (AvgIpc) is 3.55. The Morgan fingerprint density at radius 2 is 1.84 bits per heavy atom. The molecule has 4 N–H and O–H groups in total. The molecule has 1 aliphatic rings. The zero-order chi connectivity index (χ0) is 36.0. The first-order valence-corrected chi connectivity index (χ1v) is 16.9. The summed E-state index contributed by atoms with van der Waals surface area (Å²) in [6.45, 7) is 3.24. The van der Waals surface area contributed by atoms with E-state index in [9.17, 15) is 27.9 Å². The molecule has 1 fully saturated rings. The minimum Gasteiger partial charge on any atom is -0.467 e. The van der Waals surface area contributed by atoms with E-state index in [1.165, 1.54) is 23.3 Å². The number of sulfonamides is 1. The molecule has 18 heteroatoms. The van der Waals surface area contributed by atoms with Crippen LogP contribution in [0.15, 0.2) is 64.1 Å². The fraction of sp³-hybridized carbons (Fsp3) is 0.387. The minimum atomic E-state index is -4.27. The molecule has 49 heavy (non-hydrogen) atoms. The van der Waals surface area contributed by atoms with Crippen LogP contribution in [-0.4, -0.2) is 81.3 Å². The Morgan fingerprint density at radius 3 is 2.51 bits per heavy atom. The van der Waals surface area contributed by atoms with Crippen LogP contribution in [0.4, 0.5) is 10.5 Å². The number of nitrogens with two attached hydrogens (primary N) is 1. The van der Waals surface area contributed by atoms with Crippen molar-refractivity contribution in [2.24, 2.45) is 5.14 Å². The molecule has 1 aliphatic heterocycles. The van der Waals surface area contributed by atoms with Crippen molar-refractivity contribution >= 4 is 56.9 Å². The number of carbonyl (C=O) groups is 3. The maximum absolute atomic E-state index is 13.1. The van der Waals surface area contributed by atoms with Gasteiger partial charge in [0, 0.05) is 10.6 Å². The van der Waals surface area contributed by atoms with E-state index in [4.69, 9.17) is 56.4 Å². The van der Waals surface area contributed by atoms with Gasteiger partial charge in [0.15, 0.2) is 0 Å². The van der Waals surface area contributed by atoms with E-state index in [1.54, 1.807) is 51.1 Å². The lowest BCUT2D eigenvalue weighted by molar-refractivity contribution is -0.295. The number of benzene rings is 2. The number of nitrogens with zero attached hydrogens (tertiary/aromatic N) is 1. The summed E-state index contributed by atoms with van der Waals surface area (Å²) in [5.41, 5.74) is -0.570. The fourth-order valence-electron chi connectivity index (χ4n) is 4.98. The number of esters is 2. The number of morpholine rings is 1. The van der Waals surface area contributed by atoms with Crippen molar-refractivity contribution in [3.05, 3.63) is 81.7 Å². The van der Waals surface area contributed by atoms with Crippen LogP contribution in [0.25, 0.3) is 0 Å². The Hall–Kier alpha value is -3.90. The molecule has 1 amide bonds. The zero-order valence-electron chi connectivity index (χ0n) is 26.6. The number of hydrogen-bond acceptors (Lipinski definition) is 13. The Bertz CT molecular complexity index is 1770. The van der Waals surface area contributed by atoms with Gasteiger partial charge < -0.3 is 38.5 Å². The molecule has 2 aromatic carbocycles. The number of furan rings is 1. The van der Waals surface area contributed by atoms with Crippen LogP contribution in [0.1, 0.15) is 42.5 Å². The smallest absolute Gasteiger partial charge is 0.413 e. The third-order valence-electron chi connectivity index (χ3n) is 7.40. The van der Waals surface area contributed by atoms with Crippen LogP contribution in [0, 0.1) is 0 Å². The van der Waals surface area contributed by atoms with Gasteiger partial charge >= 0.3 is 18.0 Å². The van der Waals surface area contributed by atoms with Gasteiger partial charge in [-0.15, -0.1) is 0 Å². The first-order chi connectivity index (χ1) is 23.0. The summed E-state index contributed by atoms with van der Waals surface area (Å²) in [7, 11) is -4.27. The summed E-state index contributed by atoms with van der Waals surface area (Å²) < 4.78 is 55.5. The lowest BCUT2D eigenvalue weighted by Crippen LogP contribution is -2.66. The highest BCUT2D eigenvalue weighted by Crippen LogP contribution is 2.40. The molecule has 0 unspecified atom stereocenters. The number of ether oxygens (including phenoxy) is 5. The molecule has 1 aromatic heterocycles. The van der Waals surface area contributed by atoms with Gasteiger partial charge in [-0.1, -0.05) is 35.3 Å². The second kappa shape index (κ2) is 15.8. The summed E-state index contributed by atoms with van der Waals surface area (Å²) in [6, 6.07) is 11.1. The van der Waals surface area contributed by atoms with Crippen molar-refractivity contribution in [1.29, 1.82) is 0 Å². The van der Waals surface area contributed by atoms with Gasteiger partial charge in [-0.3, -0.25) is 4.90 Å². The van der Waals surface area contributed by atoms with Gasteiger partial charge in [0.25, 0.3) is 0 Å². The fourth-order valence-corrected chi connectivity index (χ4v) is 6.27. The predicted molar refractivity (Wildman–Crippen MR) is 174 cm³/mol. The number of carbonyl (C=O) groups excluding carboxylic acids is 3. The number of halogens is 2. The van der Waals surface area contributed by atoms with Crippen molar-refractivity contribution in [2.75, 3.05) is 38.5 Å². The normalized spacial score (nSPS) is 18.8. The Morgan fingerprint density at radius 1 is 1.08 bits per heavy atom. The molecule has 0 spiro atoms. The molecule has 0 saturated carbocycles. The predicted octanol–water partition coefficient (Wildman–Crippen LogP) is 4.00. The second-order valence-electron chi connectivity index (χ2n) is 11.4. The Labute approximate surface area is 292 Å². The van der Waals surface area contributed by atoms with E-state index >= 15 is 0 Å². The monoisotopic (exact) mass is 743 g/mol. The summed E-state index contributed by atoms with van der Waals surface area (Å²) in [6.07, 6.45) is 0.593. The van der Waals surface area contributed by atoms with Gasteiger partial charge in [0.1, 0.15) is 23.9 Å². The molecular weight excluding hydrogens is 709 g/mol. The van der Waals surface area contributed by atoms with Crippen molar-refractivity contribution in [3.63, 3.8) is 0 Å². The van der Waals surface area contributed by atoms with Crippen molar-refractivity contribution in [3.8, 4) is 0 Å². The van der Waals surface area contributed by atoms with E-state index in [0.717, 1.165) is 6.07 Å². The van der Waals surface area contributed by atoms with Gasteiger partial charge in [-0.25, -0.2) is 27.9 Å². The minimum absolute atomic E-state index is 0.0400. The number of nitrogens with one attached hydrogen (secondary N) is 1. The third-order valence-corrected chi connectivity index (χ3v) is 9.01. The first-order valence-electron chi connectivity index (χ1n) is 14.6. The molecule has 3 aromatic rings. The summed E-state index contributed by atoms with van der Waals surface area (Å²) in [5.74, 6) is -3.17. The largest absolute Gasteiger partial charge is 0.467 e. The lowest BCUT2D eigenvalue weighted by Gasteiger charge is -2.52. The standard InChI is InChI=1S/C31H35Cl2N3O12S/c1-19-31(40,20-6-4-7-21(32)12-20)48-17-30(2,3)36(19)29(39)47-18-46-27(37)16-43-10-11-45-28(38)23-13-26(49(34,41)42)24(33)14-25(23)35-15-22-8-5-9-44-22/h4-9,12-14,19,35,40H,10-11,15-18H2,1-3H3,(H2,34,41,42)/t19-,31+/m0/s1. The maximum Gasteiger partial charge on any atom is 0.413 e. The van der Waals surface area contributed by atoms with Crippen LogP contribution < -0.4 is 10.5 Å². The number of primary sulfonamides is 1. The van der Waals surface area contributed by atoms with Crippen LogP contribution in [-0.2, 0) is 50.8 Å². The SMILES string of the molecule is C[C@@H]1N(C(=O)OCOC(=O)COCCOC(=O)c2cc(S(N)(=O)=O)c(Cl)cc2NCc2ccco2)C(C)(C)CO[C@@]1(O)c1cccc(Cl)c1. The average molecular weight is 745 g/mol. The van der Waals surface area contributed by atoms with Gasteiger partial charge in [0.05, 0.1) is 53.9 Å². The van der Waals surface area contributed by atoms with Crippen LogP contribution in [0.2, 0.25) is 10.0 Å². The number of anilines is 1. The number of aliphatic hydroxyl groups is 1. The Balaban J connectivity index is 1.25. The van der Waals surface area contributed by atoms with Crippen LogP contribution in [0.5, 0.6) is 0 Å². The molecule has 15 nitrogen and oxygen atoms in total. The molecule has 266 valence electrons. The molecule has 0 radical (unpaired) electrons. The van der Waals surface area contributed by atoms with E-state index < -0.39 is 63.7 Å². The topological polar surface area (TPSA) is 206 Å². The van der Waals surface area contributed by atoms with E-state index in [-0.39, 0.29) is 42.6 Å². The third kappa shape index (κ3) is 9.42. The van der Waals surface area contributed by atoms with E-state index in [0.29, 0.717) is 16.3 Å². The number of rotatable bonds is 13. The first kappa shape index (κ1) is 37.9. The van der Waals surface area contributed by atoms with Crippen molar-refractivity contribution < 1.29 is 56.0 Å². The lowest BCUT2D eigenvalue weighted by atomic mass is 9.90. The highest BCUT2D eigenvalue weighted by Gasteiger charge is 2.53. The van der Waals surface area contributed by atoms with Crippen LogP contribution >= 0.6 is 23.2 Å². The molecular formula is C31H35Cl2N3O12S.